The number of halogens is 1. The molecular weight excluding hydrogens is 353 g/mol. The van der Waals surface area contributed by atoms with E-state index in [1.807, 2.05) is 18.2 Å². The maximum atomic E-state index is 13.7. The minimum Gasteiger partial charge on any atom is -0.364 e. The van der Waals surface area contributed by atoms with Crippen molar-refractivity contribution in [1.82, 2.24) is 4.57 Å². The molecule has 0 saturated heterocycles. The zero-order chi connectivity index (χ0) is 23.9. The van der Waals surface area contributed by atoms with Gasteiger partial charge in [-0.2, -0.15) is 0 Å². The van der Waals surface area contributed by atoms with Crippen LogP contribution in [0.2, 0.25) is 0 Å². The lowest BCUT2D eigenvalue weighted by Crippen LogP contribution is -2.02. The van der Waals surface area contributed by atoms with Crippen LogP contribution < -0.4 is 0 Å². The van der Waals surface area contributed by atoms with E-state index in [2.05, 4.69) is 0 Å². The molecule has 4 heteroatoms. The van der Waals surface area contributed by atoms with Gasteiger partial charge in [0.2, 0.25) is 0 Å². The number of aliphatic hydroxyl groups is 1. The Morgan fingerprint density at radius 2 is 1.82 bits per heavy atom. The van der Waals surface area contributed by atoms with Gasteiger partial charge in [0.1, 0.15) is 0 Å². The van der Waals surface area contributed by atoms with E-state index in [4.69, 9.17) is 12.0 Å². The first-order valence-electron chi connectivity index (χ1n) is 11.7. The molecule has 4 aromatic rings. The number of alkyl halides is 1. The monoisotopic (exact) mass is 380 g/mol. The van der Waals surface area contributed by atoms with Crippen molar-refractivity contribution in [3.63, 3.8) is 0 Å². The standard InChI is InChI=1S/C24H22FNO2/c25-23(27)14-5-6-15-26-16-21(19-11-3-4-13-22(19)26)24(28)20-12-7-9-17-8-1-2-10-18(17)20/h1-4,7-13,16,23,27H,5-6,14-15H2/i3D,4D,11D,13D,16D. The van der Waals surface area contributed by atoms with Crippen LogP contribution in [0.3, 0.4) is 0 Å². The number of unbranched alkanes of at least 4 members (excludes halogenated alkanes) is 1. The van der Waals surface area contributed by atoms with E-state index in [0.717, 1.165) is 5.39 Å². The van der Waals surface area contributed by atoms with E-state index in [9.17, 15) is 9.18 Å². The van der Waals surface area contributed by atoms with E-state index in [-0.39, 0.29) is 47.7 Å². The van der Waals surface area contributed by atoms with E-state index in [1.165, 1.54) is 4.57 Å². The number of benzene rings is 3. The fourth-order valence-corrected chi connectivity index (χ4v) is 3.41. The highest BCUT2D eigenvalue weighted by atomic mass is 19.1. The predicted octanol–water partition coefficient (Wildman–Crippen LogP) is 5.48. The number of rotatable bonds is 7. The molecule has 1 heterocycles. The number of carbonyl (C=O) groups is 1. The summed E-state index contributed by atoms with van der Waals surface area (Å²) in [4.78, 5) is 13.7. The van der Waals surface area contributed by atoms with Gasteiger partial charge in [0, 0.05) is 41.2 Å². The van der Waals surface area contributed by atoms with Crippen molar-refractivity contribution in [3.05, 3.63) is 83.9 Å². The van der Waals surface area contributed by atoms with Gasteiger partial charge < -0.3 is 9.67 Å². The molecular formula is C24H22FNO2. The number of aromatic nitrogens is 1. The summed E-state index contributed by atoms with van der Waals surface area (Å²) in [5.74, 6) is -0.496. The lowest BCUT2D eigenvalue weighted by Gasteiger charge is -2.05. The Bertz CT molecular complexity index is 1380. The molecule has 0 fully saturated rings. The molecule has 0 aliphatic rings. The highest BCUT2D eigenvalue weighted by molar-refractivity contribution is 6.21. The minimum atomic E-state index is -1.94. The van der Waals surface area contributed by atoms with Crippen molar-refractivity contribution in [1.29, 1.82) is 0 Å². The Labute approximate surface area is 170 Å². The summed E-state index contributed by atoms with van der Waals surface area (Å²) in [5, 5.41) is 10.4. The van der Waals surface area contributed by atoms with Crippen molar-refractivity contribution >= 4 is 27.5 Å². The quantitative estimate of drug-likeness (QED) is 0.341. The molecule has 142 valence electrons. The van der Waals surface area contributed by atoms with Gasteiger partial charge in [-0.05, 0) is 29.7 Å². The molecule has 1 unspecified atom stereocenters. The smallest absolute Gasteiger partial charge is 0.196 e. The molecule has 1 N–H and O–H groups in total. The van der Waals surface area contributed by atoms with Crippen molar-refractivity contribution in [3.8, 4) is 0 Å². The number of nitrogens with zero attached hydrogens (tertiary/aromatic N) is 1. The fraction of sp³-hybridized carbons (Fsp3) is 0.208. The van der Waals surface area contributed by atoms with Crippen molar-refractivity contribution in [2.75, 3.05) is 0 Å². The molecule has 0 aliphatic heterocycles. The SMILES string of the molecule is [2H]c1c([2H])c([2H])c2c(c1[2H])c(C(=O)c1cccc3ccccc13)c([2H])n2CCCCC(O)F. The first kappa shape index (κ1) is 13.2. The number of ketones is 1. The highest BCUT2D eigenvalue weighted by Gasteiger charge is 2.18. The van der Waals surface area contributed by atoms with Crippen LogP contribution in [0.4, 0.5) is 4.39 Å². The molecule has 0 bridgehead atoms. The summed E-state index contributed by atoms with van der Waals surface area (Å²) in [6.45, 7) is 0.146. The largest absolute Gasteiger partial charge is 0.364 e. The maximum Gasteiger partial charge on any atom is 0.196 e. The lowest BCUT2D eigenvalue weighted by atomic mass is 9.97. The van der Waals surface area contributed by atoms with Gasteiger partial charge in [0.05, 0.1) is 6.85 Å². The van der Waals surface area contributed by atoms with E-state index < -0.39 is 24.2 Å². The van der Waals surface area contributed by atoms with Gasteiger partial charge >= 0.3 is 0 Å². The normalized spacial score (nSPS) is 15.0. The first-order valence-corrected chi connectivity index (χ1v) is 9.17. The molecule has 1 atom stereocenters. The summed E-state index contributed by atoms with van der Waals surface area (Å²) in [5.41, 5.74) is 0.336. The van der Waals surface area contributed by atoms with Crippen LogP contribution in [0, 0.1) is 0 Å². The number of hydrogen-bond acceptors (Lipinski definition) is 2. The average Bonchev–Trinajstić information content (AvgIpc) is 3.10. The van der Waals surface area contributed by atoms with Crippen LogP contribution in [0.15, 0.2) is 72.8 Å². The zero-order valence-electron chi connectivity index (χ0n) is 20.1. The third kappa shape index (κ3) is 3.56. The van der Waals surface area contributed by atoms with E-state index in [1.54, 1.807) is 24.3 Å². The number of aliphatic hydroxyl groups excluding tert-OH is 1. The second-order valence-electron chi connectivity index (χ2n) is 6.65. The molecule has 4 rings (SSSR count). The van der Waals surface area contributed by atoms with Gasteiger partial charge in [-0.15, -0.1) is 0 Å². The highest BCUT2D eigenvalue weighted by Crippen LogP contribution is 2.27. The Hall–Kier alpha value is -2.98. The second kappa shape index (κ2) is 7.95. The summed E-state index contributed by atoms with van der Waals surface area (Å²) in [6.07, 6.45) is -1.55. The van der Waals surface area contributed by atoms with Gasteiger partial charge in [-0.3, -0.25) is 4.79 Å². The van der Waals surface area contributed by atoms with Crippen LogP contribution in [-0.4, -0.2) is 21.8 Å². The number of aryl methyl sites for hydroxylation is 1. The van der Waals surface area contributed by atoms with E-state index in [0.29, 0.717) is 23.8 Å². The first-order chi connectivity index (χ1) is 15.7. The summed E-state index contributed by atoms with van der Waals surface area (Å²) < 4.78 is 55.9. The molecule has 0 aliphatic carbocycles. The zero-order valence-corrected chi connectivity index (χ0v) is 15.1. The van der Waals surface area contributed by atoms with Gasteiger partial charge in [-0.25, -0.2) is 4.39 Å². The van der Waals surface area contributed by atoms with Crippen molar-refractivity contribution in [2.24, 2.45) is 0 Å². The molecule has 0 saturated carbocycles. The van der Waals surface area contributed by atoms with Gasteiger partial charge in [0.25, 0.3) is 0 Å². The molecule has 28 heavy (non-hydrogen) atoms. The van der Waals surface area contributed by atoms with Crippen molar-refractivity contribution in [2.45, 2.75) is 32.2 Å². The molecule has 1 aromatic heterocycles. The molecule has 0 spiro atoms. The maximum absolute atomic E-state index is 13.7. The van der Waals surface area contributed by atoms with Crippen LogP contribution >= 0.6 is 0 Å². The molecule has 3 aromatic carbocycles. The topological polar surface area (TPSA) is 42.2 Å². The molecule has 0 radical (unpaired) electrons. The molecule has 3 nitrogen and oxygen atoms in total. The minimum absolute atomic E-state index is 0.00876. The summed E-state index contributed by atoms with van der Waals surface area (Å²) >= 11 is 0. The average molecular weight is 380 g/mol. The number of fused-ring (bicyclic) bond motifs is 2. The molecule has 0 amide bonds. The van der Waals surface area contributed by atoms with Gasteiger partial charge in [-0.1, -0.05) is 60.6 Å². The second-order valence-corrected chi connectivity index (χ2v) is 6.65. The van der Waals surface area contributed by atoms with E-state index >= 15 is 0 Å². The van der Waals surface area contributed by atoms with Crippen LogP contribution in [0.1, 0.15) is 42.0 Å². The number of carbonyl (C=O) groups excluding carboxylic acids is 1. The summed E-state index contributed by atoms with van der Waals surface area (Å²) in [6, 6.07) is 10.9. The fourth-order valence-electron chi connectivity index (χ4n) is 3.41. The third-order valence-corrected chi connectivity index (χ3v) is 4.77. The van der Waals surface area contributed by atoms with Crippen LogP contribution in [-0.2, 0) is 6.54 Å². The van der Waals surface area contributed by atoms with Crippen LogP contribution in [0.25, 0.3) is 21.7 Å². The predicted molar refractivity (Wildman–Crippen MR) is 110 cm³/mol. The Morgan fingerprint density at radius 1 is 1.04 bits per heavy atom. The van der Waals surface area contributed by atoms with Gasteiger partial charge in [0.15, 0.2) is 12.1 Å². The lowest BCUT2D eigenvalue weighted by molar-refractivity contribution is 0.0322. The number of hydrogen-bond donors (Lipinski definition) is 1. The Balaban J connectivity index is 1.94. The third-order valence-electron chi connectivity index (χ3n) is 4.77. The summed E-state index contributed by atoms with van der Waals surface area (Å²) in [7, 11) is 0. The van der Waals surface area contributed by atoms with Crippen molar-refractivity contribution < 1.29 is 21.1 Å². The van der Waals surface area contributed by atoms with Crippen LogP contribution in [0.5, 0.6) is 0 Å². The number of para-hydroxylation sites is 1. The Kier molecular flexibility index (Phi) is 3.76. The Morgan fingerprint density at radius 3 is 2.68 bits per heavy atom.